The van der Waals surface area contributed by atoms with Crippen molar-refractivity contribution in [1.82, 2.24) is 14.5 Å². The highest BCUT2D eigenvalue weighted by Gasteiger charge is 2.59. The molecule has 2 bridgehead atoms. The first kappa shape index (κ1) is 19.8. The molecular formula is C19H22F3N5O2S. The Kier molecular flexibility index (Phi) is 4.41. The summed E-state index contributed by atoms with van der Waals surface area (Å²) >= 11 is 1.43. The predicted molar refractivity (Wildman–Crippen MR) is 106 cm³/mol. The molecule has 30 heavy (non-hydrogen) atoms. The van der Waals surface area contributed by atoms with E-state index >= 15 is 0 Å². The van der Waals surface area contributed by atoms with E-state index in [4.69, 9.17) is 4.74 Å². The minimum Gasteiger partial charge on any atom is -0.374 e. The number of alkyl halides is 3. The molecule has 0 aromatic carbocycles. The summed E-state index contributed by atoms with van der Waals surface area (Å²) in [6.07, 6.45) is -3.16. The van der Waals surface area contributed by atoms with Crippen molar-refractivity contribution >= 4 is 23.1 Å². The molecule has 3 aliphatic heterocycles. The zero-order valence-electron chi connectivity index (χ0n) is 16.6. The van der Waals surface area contributed by atoms with Crippen LogP contribution in [0.2, 0.25) is 0 Å². The molecule has 2 fully saturated rings. The van der Waals surface area contributed by atoms with Gasteiger partial charge in [0.25, 0.3) is 5.56 Å². The highest BCUT2D eigenvalue weighted by atomic mass is 32.1. The molecule has 5 heterocycles. The van der Waals surface area contributed by atoms with Crippen molar-refractivity contribution in [2.75, 3.05) is 29.5 Å². The SMILES string of the molecule is Cc1ncsc1CCN1c2nc(N3C[C@@H]4C[C@H]3CO4)cc(=O)n2CC1(C)C(F)(F)F. The van der Waals surface area contributed by atoms with E-state index in [1.54, 1.807) is 5.51 Å². The van der Waals surface area contributed by atoms with E-state index in [0.29, 0.717) is 25.4 Å². The molecule has 0 saturated carbocycles. The molecule has 11 heteroatoms. The fourth-order valence-corrected chi connectivity index (χ4v) is 5.42. The lowest BCUT2D eigenvalue weighted by Crippen LogP contribution is -2.56. The van der Waals surface area contributed by atoms with Crippen LogP contribution in [0.4, 0.5) is 24.9 Å². The van der Waals surface area contributed by atoms with Crippen LogP contribution >= 0.6 is 11.3 Å². The van der Waals surface area contributed by atoms with Crippen molar-refractivity contribution in [2.45, 2.75) is 57.1 Å². The normalized spacial score (nSPS) is 27.9. The first-order valence-corrected chi connectivity index (χ1v) is 10.8. The molecule has 0 radical (unpaired) electrons. The number of hydrogen-bond acceptors (Lipinski definition) is 7. The topological polar surface area (TPSA) is 63.5 Å². The van der Waals surface area contributed by atoms with Gasteiger partial charge >= 0.3 is 6.18 Å². The summed E-state index contributed by atoms with van der Waals surface area (Å²) in [5, 5.41) is 0. The van der Waals surface area contributed by atoms with Gasteiger partial charge in [-0.1, -0.05) is 0 Å². The zero-order valence-corrected chi connectivity index (χ0v) is 17.5. The number of morpholine rings is 1. The van der Waals surface area contributed by atoms with Crippen LogP contribution in [0, 0.1) is 6.92 Å². The van der Waals surface area contributed by atoms with Gasteiger partial charge in [0.15, 0.2) is 5.54 Å². The number of halogens is 3. The van der Waals surface area contributed by atoms with E-state index in [9.17, 15) is 18.0 Å². The number of thiazole rings is 1. The molecule has 2 aromatic rings. The van der Waals surface area contributed by atoms with Crippen LogP contribution in [0.3, 0.4) is 0 Å². The van der Waals surface area contributed by atoms with E-state index < -0.39 is 23.8 Å². The van der Waals surface area contributed by atoms with Gasteiger partial charge in [0, 0.05) is 30.5 Å². The maximum Gasteiger partial charge on any atom is 0.413 e. The highest BCUT2D eigenvalue weighted by molar-refractivity contribution is 7.09. The fraction of sp³-hybridized carbons (Fsp3) is 0.632. The summed E-state index contributed by atoms with van der Waals surface area (Å²) in [5.41, 5.74) is -0.140. The van der Waals surface area contributed by atoms with E-state index in [1.807, 2.05) is 11.8 Å². The van der Waals surface area contributed by atoms with Crippen LogP contribution in [0.15, 0.2) is 16.4 Å². The third-order valence-corrected chi connectivity index (χ3v) is 7.49. The lowest BCUT2D eigenvalue weighted by atomic mass is 10.0. The van der Waals surface area contributed by atoms with E-state index in [1.165, 1.54) is 22.3 Å². The summed E-state index contributed by atoms with van der Waals surface area (Å²) in [5.74, 6) is 0.524. The van der Waals surface area contributed by atoms with Gasteiger partial charge in [0.2, 0.25) is 5.95 Å². The van der Waals surface area contributed by atoms with Gasteiger partial charge in [-0.2, -0.15) is 18.2 Å². The van der Waals surface area contributed by atoms with Crippen molar-refractivity contribution in [1.29, 1.82) is 0 Å². The monoisotopic (exact) mass is 441 g/mol. The average molecular weight is 441 g/mol. The van der Waals surface area contributed by atoms with Crippen molar-refractivity contribution < 1.29 is 17.9 Å². The largest absolute Gasteiger partial charge is 0.413 e. The Hall–Kier alpha value is -2.14. The third-order valence-electron chi connectivity index (χ3n) is 6.49. The number of rotatable bonds is 4. The summed E-state index contributed by atoms with van der Waals surface area (Å²) in [6.45, 7) is 3.79. The van der Waals surface area contributed by atoms with Crippen LogP contribution in [0.5, 0.6) is 0 Å². The van der Waals surface area contributed by atoms with Gasteiger partial charge < -0.3 is 14.5 Å². The van der Waals surface area contributed by atoms with Crippen LogP contribution in [0.25, 0.3) is 0 Å². The molecule has 1 unspecified atom stereocenters. The minimum atomic E-state index is -4.52. The molecule has 2 saturated heterocycles. The summed E-state index contributed by atoms with van der Waals surface area (Å²) in [4.78, 5) is 25.7. The fourth-order valence-electron chi connectivity index (χ4n) is 4.65. The first-order valence-electron chi connectivity index (χ1n) is 9.91. The molecule has 3 atom stereocenters. The maximum atomic E-state index is 14.1. The van der Waals surface area contributed by atoms with Gasteiger partial charge in [0.1, 0.15) is 5.82 Å². The minimum absolute atomic E-state index is 0.0863. The number of nitrogens with zero attached hydrogens (tertiary/aromatic N) is 5. The second-order valence-electron chi connectivity index (χ2n) is 8.37. The molecule has 3 aliphatic rings. The molecular weight excluding hydrogens is 419 g/mol. The molecule has 7 nitrogen and oxygen atoms in total. The van der Waals surface area contributed by atoms with Crippen molar-refractivity contribution in [3.8, 4) is 0 Å². The van der Waals surface area contributed by atoms with Crippen molar-refractivity contribution in [3.63, 3.8) is 0 Å². The van der Waals surface area contributed by atoms with Crippen LogP contribution in [-0.2, 0) is 17.7 Å². The molecule has 0 amide bonds. The summed E-state index contributed by atoms with van der Waals surface area (Å²) in [6, 6.07) is 1.48. The number of fused-ring (bicyclic) bond motifs is 3. The number of hydrogen-bond donors (Lipinski definition) is 0. The van der Waals surface area contributed by atoms with E-state index in [-0.39, 0.29) is 24.6 Å². The van der Waals surface area contributed by atoms with E-state index in [2.05, 4.69) is 9.97 Å². The van der Waals surface area contributed by atoms with Gasteiger partial charge in [-0.3, -0.25) is 9.36 Å². The van der Waals surface area contributed by atoms with Crippen molar-refractivity contribution in [2.24, 2.45) is 0 Å². The molecule has 0 spiro atoms. The summed E-state index contributed by atoms with van der Waals surface area (Å²) in [7, 11) is 0. The molecule has 2 aromatic heterocycles. The number of anilines is 2. The van der Waals surface area contributed by atoms with Gasteiger partial charge in [-0.15, -0.1) is 11.3 Å². The molecule has 0 N–H and O–H groups in total. The smallest absolute Gasteiger partial charge is 0.374 e. The van der Waals surface area contributed by atoms with Gasteiger partial charge in [-0.25, -0.2) is 4.98 Å². The van der Waals surface area contributed by atoms with Crippen LogP contribution in [0.1, 0.15) is 23.9 Å². The van der Waals surface area contributed by atoms with Gasteiger partial charge in [0.05, 0.1) is 36.5 Å². The highest BCUT2D eigenvalue weighted by Crippen LogP contribution is 2.44. The van der Waals surface area contributed by atoms with Gasteiger partial charge in [-0.05, 0) is 20.3 Å². The van der Waals surface area contributed by atoms with Crippen LogP contribution < -0.4 is 15.4 Å². The standard InChI is InChI=1S/C19H22F3N5O2S/c1-11-14(30-10-23-11)3-4-27-17-24-15(25-7-13-5-12(25)8-29-13)6-16(28)26(17)9-18(27,2)19(20,21)22/h6,10,12-13H,3-5,7-9H2,1-2H3/t12-,13-,18?/m0/s1. The zero-order chi connectivity index (χ0) is 21.3. The Balaban J connectivity index is 1.53. The Labute approximate surface area is 175 Å². The molecule has 5 rings (SSSR count). The molecule has 0 aliphatic carbocycles. The predicted octanol–water partition coefficient (Wildman–Crippen LogP) is 2.37. The number of ether oxygens (including phenoxy) is 1. The Bertz CT molecular complexity index is 1040. The van der Waals surface area contributed by atoms with Crippen molar-refractivity contribution in [3.05, 3.63) is 32.5 Å². The van der Waals surface area contributed by atoms with E-state index in [0.717, 1.165) is 28.5 Å². The quantitative estimate of drug-likeness (QED) is 0.726. The van der Waals surface area contributed by atoms with Crippen LogP contribution in [-0.4, -0.2) is 58.1 Å². The molecule has 162 valence electrons. The second-order valence-corrected chi connectivity index (χ2v) is 9.31. The lowest BCUT2D eigenvalue weighted by molar-refractivity contribution is -0.182. The number of aryl methyl sites for hydroxylation is 1. The maximum absolute atomic E-state index is 14.1. The third kappa shape index (κ3) is 2.93. The second kappa shape index (κ2) is 6.68. The summed E-state index contributed by atoms with van der Waals surface area (Å²) < 4.78 is 49.2. The number of aromatic nitrogens is 3. The average Bonchev–Trinajstić information content (AvgIpc) is 3.44. The first-order chi connectivity index (χ1) is 14.2. The Morgan fingerprint density at radius 3 is 2.80 bits per heavy atom. The Morgan fingerprint density at radius 1 is 1.40 bits per heavy atom. The lowest BCUT2D eigenvalue weighted by Gasteiger charge is -2.37. The Morgan fingerprint density at radius 2 is 2.20 bits per heavy atom.